The Bertz CT molecular complexity index is 794. The van der Waals surface area contributed by atoms with Crippen molar-refractivity contribution in [2.45, 2.75) is 27.2 Å². The van der Waals surface area contributed by atoms with Crippen molar-refractivity contribution in [3.63, 3.8) is 0 Å². The van der Waals surface area contributed by atoms with E-state index in [1.807, 2.05) is 13.1 Å². The summed E-state index contributed by atoms with van der Waals surface area (Å²) in [4.78, 5) is 13.3. The number of nitrogens with one attached hydrogen (secondary N) is 1. The molecule has 0 saturated heterocycles. The van der Waals surface area contributed by atoms with Crippen molar-refractivity contribution in [3.8, 4) is 0 Å². The molecule has 0 saturated carbocycles. The van der Waals surface area contributed by atoms with Gasteiger partial charge in [-0.05, 0) is 44.0 Å². The van der Waals surface area contributed by atoms with Crippen molar-refractivity contribution >= 4 is 16.7 Å². The number of anilines is 1. The molecule has 1 aromatic carbocycles. The molecule has 0 bridgehead atoms. The molecule has 3 aromatic rings. The van der Waals surface area contributed by atoms with Crippen molar-refractivity contribution in [1.29, 1.82) is 0 Å². The predicted molar refractivity (Wildman–Crippen MR) is 90.2 cm³/mol. The molecular weight excluding hydrogens is 272 g/mol. The van der Waals surface area contributed by atoms with Crippen LogP contribution < -0.4 is 5.32 Å². The van der Waals surface area contributed by atoms with Crippen LogP contribution in [-0.2, 0) is 6.42 Å². The maximum atomic E-state index is 4.70. The van der Waals surface area contributed by atoms with Crippen LogP contribution in [-0.4, -0.2) is 21.5 Å². The quantitative estimate of drug-likeness (QED) is 0.798. The summed E-state index contributed by atoms with van der Waals surface area (Å²) in [7, 11) is 0. The third-order valence-corrected chi connectivity index (χ3v) is 3.69. The summed E-state index contributed by atoms with van der Waals surface area (Å²) in [6.45, 7) is 6.95. The van der Waals surface area contributed by atoms with Crippen LogP contribution >= 0.6 is 0 Å². The second-order valence-corrected chi connectivity index (χ2v) is 5.67. The Morgan fingerprint density at radius 3 is 2.64 bits per heavy atom. The first-order chi connectivity index (χ1) is 10.6. The van der Waals surface area contributed by atoms with Gasteiger partial charge in [-0.25, -0.2) is 4.98 Å². The molecule has 112 valence electrons. The lowest BCUT2D eigenvalue weighted by Gasteiger charge is -2.09. The first kappa shape index (κ1) is 14.4. The number of pyridine rings is 1. The topological polar surface area (TPSA) is 50.7 Å². The van der Waals surface area contributed by atoms with Crippen LogP contribution in [0.2, 0.25) is 0 Å². The van der Waals surface area contributed by atoms with Gasteiger partial charge in [-0.2, -0.15) is 0 Å². The number of rotatable bonds is 4. The molecule has 0 unspecified atom stereocenters. The molecule has 0 amide bonds. The van der Waals surface area contributed by atoms with Gasteiger partial charge in [0.25, 0.3) is 0 Å². The zero-order valence-corrected chi connectivity index (χ0v) is 13.2. The lowest BCUT2D eigenvalue weighted by molar-refractivity contribution is 0.924. The maximum absolute atomic E-state index is 4.70. The fraction of sp³-hybridized carbons (Fsp3) is 0.278. The van der Waals surface area contributed by atoms with E-state index < -0.39 is 0 Å². The largest absolute Gasteiger partial charge is 0.370 e. The second kappa shape index (κ2) is 6.10. The SMILES string of the molecule is Cc1ccc2c(C)cc(NCCc3cnc(C)cn3)nc2c1. The van der Waals surface area contributed by atoms with Crippen LogP contribution in [0.4, 0.5) is 5.82 Å². The van der Waals surface area contributed by atoms with Gasteiger partial charge in [0, 0.05) is 30.7 Å². The summed E-state index contributed by atoms with van der Waals surface area (Å²) >= 11 is 0. The first-order valence-corrected chi connectivity index (χ1v) is 7.51. The minimum Gasteiger partial charge on any atom is -0.370 e. The monoisotopic (exact) mass is 292 g/mol. The molecule has 0 atom stereocenters. The molecule has 4 nitrogen and oxygen atoms in total. The molecular formula is C18H20N4. The van der Waals surface area contributed by atoms with Crippen LogP contribution in [0.15, 0.2) is 36.7 Å². The first-order valence-electron chi connectivity index (χ1n) is 7.51. The van der Waals surface area contributed by atoms with Crippen molar-refractivity contribution in [2.24, 2.45) is 0 Å². The fourth-order valence-corrected chi connectivity index (χ4v) is 2.47. The zero-order chi connectivity index (χ0) is 15.5. The Morgan fingerprint density at radius 2 is 1.86 bits per heavy atom. The molecule has 0 aliphatic heterocycles. The Hall–Kier alpha value is -2.49. The summed E-state index contributed by atoms with van der Waals surface area (Å²) < 4.78 is 0. The number of fused-ring (bicyclic) bond motifs is 1. The number of aryl methyl sites for hydroxylation is 3. The van der Waals surface area contributed by atoms with Crippen molar-refractivity contribution in [1.82, 2.24) is 15.0 Å². The van der Waals surface area contributed by atoms with Gasteiger partial charge >= 0.3 is 0 Å². The Kier molecular flexibility index (Phi) is 4.00. The Labute approximate surface area is 130 Å². The van der Waals surface area contributed by atoms with Gasteiger partial charge in [0.15, 0.2) is 0 Å². The molecule has 0 radical (unpaired) electrons. The van der Waals surface area contributed by atoms with E-state index in [0.717, 1.165) is 35.7 Å². The van der Waals surface area contributed by atoms with E-state index in [1.54, 1.807) is 6.20 Å². The maximum Gasteiger partial charge on any atom is 0.126 e. The Morgan fingerprint density at radius 1 is 1.00 bits per heavy atom. The third kappa shape index (κ3) is 3.22. The molecule has 2 aromatic heterocycles. The van der Waals surface area contributed by atoms with Crippen molar-refractivity contribution in [3.05, 3.63) is 59.2 Å². The normalized spacial score (nSPS) is 10.9. The van der Waals surface area contributed by atoms with Crippen LogP contribution in [0.5, 0.6) is 0 Å². The van der Waals surface area contributed by atoms with Crippen molar-refractivity contribution < 1.29 is 0 Å². The minimum atomic E-state index is 0.793. The van der Waals surface area contributed by atoms with E-state index >= 15 is 0 Å². The zero-order valence-electron chi connectivity index (χ0n) is 13.2. The van der Waals surface area contributed by atoms with E-state index in [1.165, 1.54) is 16.5 Å². The smallest absolute Gasteiger partial charge is 0.126 e. The highest BCUT2D eigenvalue weighted by atomic mass is 15.0. The number of hydrogen-bond acceptors (Lipinski definition) is 4. The predicted octanol–water partition coefficient (Wildman–Crippen LogP) is 3.60. The van der Waals surface area contributed by atoms with Gasteiger partial charge in [0.1, 0.15) is 5.82 Å². The van der Waals surface area contributed by atoms with Gasteiger partial charge in [-0.1, -0.05) is 12.1 Å². The molecule has 0 aliphatic carbocycles. The summed E-state index contributed by atoms with van der Waals surface area (Å²) in [5, 5.41) is 4.59. The summed E-state index contributed by atoms with van der Waals surface area (Å²) in [5.74, 6) is 0.913. The van der Waals surface area contributed by atoms with Gasteiger partial charge < -0.3 is 5.32 Å². The average molecular weight is 292 g/mol. The average Bonchev–Trinajstić information content (AvgIpc) is 2.49. The van der Waals surface area contributed by atoms with E-state index in [2.05, 4.69) is 53.4 Å². The molecule has 0 spiro atoms. The van der Waals surface area contributed by atoms with E-state index in [9.17, 15) is 0 Å². The minimum absolute atomic E-state index is 0.793. The van der Waals surface area contributed by atoms with E-state index in [0.29, 0.717) is 0 Å². The lowest BCUT2D eigenvalue weighted by atomic mass is 10.1. The van der Waals surface area contributed by atoms with Crippen LogP contribution in [0, 0.1) is 20.8 Å². The number of nitrogens with zero attached hydrogens (tertiary/aromatic N) is 3. The van der Waals surface area contributed by atoms with Crippen molar-refractivity contribution in [2.75, 3.05) is 11.9 Å². The Balaban J connectivity index is 1.72. The van der Waals surface area contributed by atoms with Crippen LogP contribution in [0.1, 0.15) is 22.5 Å². The number of hydrogen-bond donors (Lipinski definition) is 1. The van der Waals surface area contributed by atoms with Gasteiger partial charge in [0.2, 0.25) is 0 Å². The number of aromatic nitrogens is 3. The molecule has 2 heterocycles. The highest BCUT2D eigenvalue weighted by Crippen LogP contribution is 2.21. The van der Waals surface area contributed by atoms with Crippen LogP contribution in [0.25, 0.3) is 10.9 Å². The highest BCUT2D eigenvalue weighted by molar-refractivity contribution is 5.84. The van der Waals surface area contributed by atoms with Gasteiger partial charge in [0.05, 0.1) is 16.9 Å². The summed E-state index contributed by atoms with van der Waals surface area (Å²) in [6.07, 6.45) is 4.47. The van der Waals surface area contributed by atoms with E-state index in [-0.39, 0.29) is 0 Å². The highest BCUT2D eigenvalue weighted by Gasteiger charge is 2.03. The van der Waals surface area contributed by atoms with Gasteiger partial charge in [-0.3, -0.25) is 9.97 Å². The molecule has 1 N–H and O–H groups in total. The lowest BCUT2D eigenvalue weighted by Crippen LogP contribution is -2.08. The van der Waals surface area contributed by atoms with Crippen LogP contribution in [0.3, 0.4) is 0 Å². The number of benzene rings is 1. The summed E-state index contributed by atoms with van der Waals surface area (Å²) in [6, 6.07) is 8.48. The fourth-order valence-electron chi connectivity index (χ4n) is 2.47. The molecule has 3 rings (SSSR count). The molecule has 4 heteroatoms. The molecule has 0 fully saturated rings. The molecule has 22 heavy (non-hydrogen) atoms. The third-order valence-electron chi connectivity index (χ3n) is 3.69. The second-order valence-electron chi connectivity index (χ2n) is 5.67. The van der Waals surface area contributed by atoms with Gasteiger partial charge in [-0.15, -0.1) is 0 Å². The summed E-state index contributed by atoms with van der Waals surface area (Å²) in [5.41, 5.74) is 5.44. The standard InChI is InChI=1S/C18H20N4/c1-12-4-5-16-13(2)9-18(22-17(16)8-12)19-7-6-15-11-20-14(3)10-21-15/h4-5,8-11H,6-7H2,1-3H3,(H,19,22). The van der Waals surface area contributed by atoms with E-state index in [4.69, 9.17) is 4.98 Å². The molecule has 0 aliphatic rings.